The predicted octanol–water partition coefficient (Wildman–Crippen LogP) is 2.16. The van der Waals surface area contributed by atoms with Gasteiger partial charge in [0, 0.05) is 12.5 Å². The Labute approximate surface area is 97.1 Å². The van der Waals surface area contributed by atoms with Gasteiger partial charge in [0.15, 0.2) is 0 Å². The Kier molecular flexibility index (Phi) is 4.68. The van der Waals surface area contributed by atoms with E-state index in [1.165, 1.54) is 0 Å². The van der Waals surface area contributed by atoms with Gasteiger partial charge in [-0.25, -0.2) is 9.97 Å². The number of nitrogens with one attached hydrogen (secondary N) is 1. The van der Waals surface area contributed by atoms with E-state index in [9.17, 15) is 5.11 Å². The summed E-state index contributed by atoms with van der Waals surface area (Å²) in [6.07, 6.45) is 1.76. The molecule has 1 aromatic rings. The van der Waals surface area contributed by atoms with Crippen LogP contribution in [0.25, 0.3) is 0 Å². The third kappa shape index (κ3) is 3.45. The first-order valence-corrected chi connectivity index (χ1v) is 5.75. The normalized spacial score (nSPS) is 11.2. The van der Waals surface area contributed by atoms with Gasteiger partial charge in [0.05, 0.1) is 24.2 Å². The summed E-state index contributed by atoms with van der Waals surface area (Å²) in [5.74, 6) is 1.61. The van der Waals surface area contributed by atoms with E-state index in [2.05, 4.69) is 29.1 Å². The van der Waals surface area contributed by atoms with Crippen LogP contribution in [-0.2, 0) is 6.61 Å². The number of nitrogens with zero attached hydrogens (tertiary/aromatic N) is 2. The van der Waals surface area contributed by atoms with Crippen molar-refractivity contribution in [2.45, 2.75) is 40.2 Å². The second-order valence-corrected chi connectivity index (χ2v) is 4.68. The van der Waals surface area contributed by atoms with Crippen LogP contribution in [-0.4, -0.2) is 21.6 Å². The highest BCUT2D eigenvalue weighted by Gasteiger charge is 2.08. The zero-order valence-corrected chi connectivity index (χ0v) is 10.5. The van der Waals surface area contributed by atoms with E-state index in [-0.39, 0.29) is 12.5 Å². The van der Waals surface area contributed by atoms with Crippen molar-refractivity contribution < 1.29 is 5.11 Å². The van der Waals surface area contributed by atoms with Crippen molar-refractivity contribution >= 4 is 5.69 Å². The molecule has 0 atom stereocenters. The summed E-state index contributed by atoms with van der Waals surface area (Å²) < 4.78 is 0. The molecule has 0 saturated heterocycles. The summed E-state index contributed by atoms with van der Waals surface area (Å²) >= 11 is 0. The van der Waals surface area contributed by atoms with Gasteiger partial charge >= 0.3 is 0 Å². The van der Waals surface area contributed by atoms with E-state index in [1.54, 1.807) is 6.20 Å². The van der Waals surface area contributed by atoms with Crippen molar-refractivity contribution in [1.29, 1.82) is 0 Å². The Morgan fingerprint density at radius 3 is 2.50 bits per heavy atom. The highest BCUT2D eigenvalue weighted by atomic mass is 16.3. The molecule has 0 aliphatic carbocycles. The number of hydrogen-bond acceptors (Lipinski definition) is 4. The molecular formula is C12H21N3O. The third-order valence-electron chi connectivity index (χ3n) is 2.25. The summed E-state index contributed by atoms with van der Waals surface area (Å²) in [5, 5.41) is 12.5. The summed E-state index contributed by atoms with van der Waals surface area (Å²) in [4.78, 5) is 8.63. The van der Waals surface area contributed by atoms with Crippen LogP contribution in [0.3, 0.4) is 0 Å². The fraction of sp³-hybridized carbons (Fsp3) is 0.667. The first-order valence-electron chi connectivity index (χ1n) is 5.75. The quantitative estimate of drug-likeness (QED) is 0.803. The summed E-state index contributed by atoms with van der Waals surface area (Å²) in [7, 11) is 0. The van der Waals surface area contributed by atoms with Crippen LogP contribution in [0.2, 0.25) is 0 Å². The number of aliphatic hydroxyl groups excluding tert-OH is 1. The molecule has 16 heavy (non-hydrogen) atoms. The molecule has 0 radical (unpaired) electrons. The van der Waals surface area contributed by atoms with Gasteiger partial charge in [0.2, 0.25) is 0 Å². The van der Waals surface area contributed by atoms with Gasteiger partial charge in [-0.2, -0.15) is 0 Å². The van der Waals surface area contributed by atoms with Crippen LogP contribution in [0, 0.1) is 5.92 Å². The highest BCUT2D eigenvalue weighted by Crippen LogP contribution is 2.16. The Balaban J connectivity index is 2.84. The molecule has 0 spiro atoms. The number of anilines is 1. The fourth-order valence-electron chi connectivity index (χ4n) is 1.29. The van der Waals surface area contributed by atoms with Crippen LogP contribution in [0.1, 0.15) is 45.1 Å². The minimum absolute atomic E-state index is 0.0529. The van der Waals surface area contributed by atoms with Gasteiger partial charge in [-0.1, -0.05) is 27.7 Å². The van der Waals surface area contributed by atoms with E-state index >= 15 is 0 Å². The maximum Gasteiger partial charge on any atom is 0.131 e. The van der Waals surface area contributed by atoms with Crippen LogP contribution in [0.15, 0.2) is 6.20 Å². The number of aromatic nitrogens is 2. The molecule has 0 saturated carbocycles. The number of rotatable bonds is 5. The fourth-order valence-corrected chi connectivity index (χ4v) is 1.29. The largest absolute Gasteiger partial charge is 0.390 e. The van der Waals surface area contributed by atoms with Crippen molar-refractivity contribution in [3.8, 4) is 0 Å². The topological polar surface area (TPSA) is 58.0 Å². The van der Waals surface area contributed by atoms with E-state index in [4.69, 9.17) is 0 Å². The first kappa shape index (κ1) is 12.9. The molecule has 1 heterocycles. The average Bonchev–Trinajstić information content (AvgIpc) is 2.25. The van der Waals surface area contributed by atoms with E-state index in [0.29, 0.717) is 11.6 Å². The highest BCUT2D eigenvalue weighted by molar-refractivity contribution is 5.45. The molecule has 0 fully saturated rings. The molecule has 90 valence electrons. The molecule has 0 unspecified atom stereocenters. The maximum absolute atomic E-state index is 9.26. The third-order valence-corrected chi connectivity index (χ3v) is 2.25. The molecule has 0 aliphatic heterocycles. The number of aliphatic hydroxyl groups is 1. The smallest absolute Gasteiger partial charge is 0.131 e. The van der Waals surface area contributed by atoms with Gasteiger partial charge < -0.3 is 10.4 Å². The SMILES string of the molecule is CC(C)CNc1cnc(C(C)C)nc1CO. The Hall–Kier alpha value is -1.16. The van der Waals surface area contributed by atoms with Crippen molar-refractivity contribution in [3.05, 3.63) is 17.7 Å². The van der Waals surface area contributed by atoms with Crippen molar-refractivity contribution in [3.63, 3.8) is 0 Å². The summed E-state index contributed by atoms with van der Waals surface area (Å²) in [6, 6.07) is 0. The lowest BCUT2D eigenvalue weighted by molar-refractivity contribution is 0.276. The standard InChI is InChI=1S/C12H21N3O/c1-8(2)5-13-10-6-14-12(9(3)4)15-11(10)7-16/h6,8-9,13,16H,5,7H2,1-4H3. The minimum Gasteiger partial charge on any atom is -0.390 e. The van der Waals surface area contributed by atoms with Crippen molar-refractivity contribution in [1.82, 2.24) is 9.97 Å². The molecule has 2 N–H and O–H groups in total. The first-order chi connectivity index (χ1) is 7.54. The van der Waals surface area contributed by atoms with Crippen LogP contribution < -0.4 is 5.32 Å². The zero-order valence-electron chi connectivity index (χ0n) is 10.5. The van der Waals surface area contributed by atoms with Crippen LogP contribution in [0.4, 0.5) is 5.69 Å². The lowest BCUT2D eigenvalue weighted by atomic mass is 10.2. The molecule has 0 bridgehead atoms. The van der Waals surface area contributed by atoms with Crippen molar-refractivity contribution in [2.75, 3.05) is 11.9 Å². The molecule has 0 aromatic carbocycles. The molecule has 0 amide bonds. The van der Waals surface area contributed by atoms with Crippen LogP contribution >= 0.6 is 0 Å². The second-order valence-electron chi connectivity index (χ2n) is 4.68. The molecular weight excluding hydrogens is 202 g/mol. The maximum atomic E-state index is 9.26. The van der Waals surface area contributed by atoms with E-state index in [0.717, 1.165) is 18.1 Å². The molecule has 0 aliphatic rings. The van der Waals surface area contributed by atoms with E-state index in [1.807, 2.05) is 13.8 Å². The predicted molar refractivity (Wildman–Crippen MR) is 65.4 cm³/mol. The minimum atomic E-state index is -0.0529. The average molecular weight is 223 g/mol. The molecule has 1 aromatic heterocycles. The molecule has 4 nitrogen and oxygen atoms in total. The zero-order chi connectivity index (χ0) is 12.1. The Morgan fingerprint density at radius 2 is 2.00 bits per heavy atom. The van der Waals surface area contributed by atoms with Crippen LogP contribution in [0.5, 0.6) is 0 Å². The summed E-state index contributed by atoms with van der Waals surface area (Å²) in [6.45, 7) is 9.15. The lowest BCUT2D eigenvalue weighted by Crippen LogP contribution is -2.12. The lowest BCUT2D eigenvalue weighted by Gasteiger charge is -2.13. The summed E-state index contributed by atoms with van der Waals surface area (Å²) in [5.41, 5.74) is 1.51. The van der Waals surface area contributed by atoms with Gasteiger partial charge in [-0.05, 0) is 5.92 Å². The van der Waals surface area contributed by atoms with Gasteiger partial charge in [0.1, 0.15) is 5.82 Å². The van der Waals surface area contributed by atoms with E-state index < -0.39 is 0 Å². The monoisotopic (exact) mass is 223 g/mol. The second kappa shape index (κ2) is 5.80. The molecule has 4 heteroatoms. The Bertz CT molecular complexity index is 337. The van der Waals surface area contributed by atoms with Gasteiger partial charge in [0.25, 0.3) is 0 Å². The van der Waals surface area contributed by atoms with Gasteiger partial charge in [-0.3, -0.25) is 0 Å². The number of hydrogen-bond donors (Lipinski definition) is 2. The van der Waals surface area contributed by atoms with Crippen molar-refractivity contribution in [2.24, 2.45) is 5.92 Å². The Morgan fingerprint density at radius 1 is 1.31 bits per heavy atom. The molecule has 1 rings (SSSR count). The van der Waals surface area contributed by atoms with Gasteiger partial charge in [-0.15, -0.1) is 0 Å².